The number of aliphatic hydroxyl groups is 1. The van der Waals surface area contributed by atoms with Crippen molar-refractivity contribution in [3.05, 3.63) is 35.4 Å². The topological polar surface area (TPSA) is 72.6 Å². The van der Waals surface area contributed by atoms with Crippen LogP contribution in [0.5, 0.6) is 11.5 Å². The minimum atomic E-state index is -0.0795. The Kier molecular flexibility index (Phi) is 5.53. The first kappa shape index (κ1) is 17.3. The summed E-state index contributed by atoms with van der Waals surface area (Å²) >= 11 is 0. The van der Waals surface area contributed by atoms with Crippen molar-refractivity contribution in [3.63, 3.8) is 0 Å². The Morgan fingerprint density at radius 2 is 2.12 bits per heavy atom. The average Bonchev–Trinajstić information content (AvgIpc) is 3.03. The molecule has 2 aromatic rings. The molecule has 0 unspecified atom stereocenters. The summed E-state index contributed by atoms with van der Waals surface area (Å²) in [5, 5.41) is 17.5. The number of fused-ring (bicyclic) bond motifs is 1. The van der Waals surface area contributed by atoms with Gasteiger partial charge in [0.1, 0.15) is 19.0 Å². The molecule has 0 aliphatic carbocycles. The predicted octanol–water partition coefficient (Wildman–Crippen LogP) is 1.20. The smallest absolute Gasteiger partial charge is 0.162 e. The zero-order valence-electron chi connectivity index (χ0n) is 14.3. The summed E-state index contributed by atoms with van der Waals surface area (Å²) < 4.78 is 13.2. The van der Waals surface area contributed by atoms with Crippen molar-refractivity contribution in [2.75, 3.05) is 19.8 Å². The second-order valence-electron chi connectivity index (χ2n) is 5.76. The van der Waals surface area contributed by atoms with Gasteiger partial charge in [0.05, 0.1) is 13.2 Å². The first-order valence-corrected chi connectivity index (χ1v) is 8.31. The molecule has 1 aliphatic heterocycles. The maximum atomic E-state index is 9.28. The van der Waals surface area contributed by atoms with Gasteiger partial charge in [-0.1, -0.05) is 12.0 Å². The minimum Gasteiger partial charge on any atom is -0.490 e. The molecule has 1 aromatic heterocycles. The van der Waals surface area contributed by atoms with Crippen LogP contribution in [0.1, 0.15) is 24.1 Å². The fourth-order valence-corrected chi connectivity index (χ4v) is 2.94. The van der Waals surface area contributed by atoms with E-state index in [0.29, 0.717) is 30.5 Å². The Balaban J connectivity index is 1.70. The lowest BCUT2D eigenvalue weighted by Crippen LogP contribution is -2.34. The molecule has 0 spiro atoms. The van der Waals surface area contributed by atoms with Crippen molar-refractivity contribution in [1.82, 2.24) is 19.7 Å². The van der Waals surface area contributed by atoms with Gasteiger partial charge < -0.3 is 19.1 Å². The Morgan fingerprint density at radius 1 is 1.24 bits per heavy atom. The van der Waals surface area contributed by atoms with Crippen LogP contribution >= 0.6 is 0 Å². The molecule has 3 rings (SSSR count). The molecule has 0 saturated carbocycles. The third-order valence-corrected chi connectivity index (χ3v) is 4.08. The van der Waals surface area contributed by atoms with Gasteiger partial charge in [0.2, 0.25) is 0 Å². The van der Waals surface area contributed by atoms with E-state index >= 15 is 0 Å². The number of rotatable bonds is 7. The number of hydrogen-bond donors (Lipinski definition) is 1. The summed E-state index contributed by atoms with van der Waals surface area (Å²) in [5.41, 5.74) is 1.13. The molecule has 132 valence electrons. The van der Waals surface area contributed by atoms with E-state index in [2.05, 4.69) is 21.0 Å². The largest absolute Gasteiger partial charge is 0.490 e. The van der Waals surface area contributed by atoms with Crippen LogP contribution < -0.4 is 9.47 Å². The molecular formula is C18H22N4O3. The number of ether oxygens (including phenoxy) is 2. The van der Waals surface area contributed by atoms with Gasteiger partial charge in [0.25, 0.3) is 0 Å². The van der Waals surface area contributed by atoms with Crippen molar-refractivity contribution in [2.45, 2.75) is 33.2 Å². The lowest BCUT2D eigenvalue weighted by molar-refractivity contribution is 0.199. The van der Waals surface area contributed by atoms with E-state index in [1.807, 2.05) is 29.7 Å². The summed E-state index contributed by atoms with van der Waals surface area (Å²) in [7, 11) is 0. The second-order valence-corrected chi connectivity index (χ2v) is 5.76. The van der Waals surface area contributed by atoms with Gasteiger partial charge in [-0.15, -0.1) is 16.6 Å². The standard InChI is InChI=1S/C18H22N4O3/c1-3-9-25-15-6-5-14(10-16(15)24-4-2)11-21-7-8-22-17(12-21)19-20-18(22)13-23/h1,5-6,10,23H,4,7-9,11-13H2,2H3. The number of hydrogen-bond acceptors (Lipinski definition) is 6. The molecule has 2 heterocycles. The van der Waals surface area contributed by atoms with Crippen molar-refractivity contribution < 1.29 is 14.6 Å². The van der Waals surface area contributed by atoms with Gasteiger partial charge in [0, 0.05) is 19.6 Å². The SMILES string of the molecule is C#CCOc1ccc(CN2CCn3c(CO)nnc3C2)cc1OCC. The molecule has 0 radical (unpaired) electrons. The molecule has 7 nitrogen and oxygen atoms in total. The van der Waals surface area contributed by atoms with Crippen LogP contribution in [0, 0.1) is 12.3 Å². The zero-order chi connectivity index (χ0) is 17.6. The van der Waals surface area contributed by atoms with E-state index in [1.54, 1.807) is 0 Å². The number of benzene rings is 1. The van der Waals surface area contributed by atoms with Crippen molar-refractivity contribution in [1.29, 1.82) is 0 Å². The fourth-order valence-electron chi connectivity index (χ4n) is 2.94. The Bertz CT molecular complexity index is 766. The number of nitrogens with zero attached hydrogens (tertiary/aromatic N) is 4. The molecule has 0 bridgehead atoms. The Labute approximate surface area is 147 Å². The van der Waals surface area contributed by atoms with Crippen molar-refractivity contribution in [3.8, 4) is 23.8 Å². The quantitative estimate of drug-likeness (QED) is 0.762. The number of aromatic nitrogens is 3. The maximum Gasteiger partial charge on any atom is 0.162 e. The Hall–Kier alpha value is -2.56. The van der Waals surface area contributed by atoms with E-state index in [-0.39, 0.29) is 13.2 Å². The van der Waals surface area contributed by atoms with Gasteiger partial charge in [-0.05, 0) is 24.6 Å². The zero-order valence-corrected chi connectivity index (χ0v) is 14.3. The normalized spacial score (nSPS) is 14.0. The van der Waals surface area contributed by atoms with Gasteiger partial charge in [0.15, 0.2) is 17.3 Å². The second kappa shape index (κ2) is 8.01. The molecule has 0 saturated heterocycles. The first-order valence-electron chi connectivity index (χ1n) is 8.31. The van der Waals surface area contributed by atoms with Crippen LogP contribution in [0.15, 0.2) is 18.2 Å². The summed E-state index contributed by atoms with van der Waals surface area (Å²) in [6.45, 7) is 5.76. The molecule has 0 atom stereocenters. The van der Waals surface area contributed by atoms with Crippen LogP contribution in [0.25, 0.3) is 0 Å². The summed E-state index contributed by atoms with van der Waals surface area (Å²) in [4.78, 5) is 2.29. The van der Waals surface area contributed by atoms with Crippen LogP contribution in [-0.2, 0) is 26.2 Å². The lowest BCUT2D eigenvalue weighted by atomic mass is 10.1. The summed E-state index contributed by atoms with van der Waals surface area (Å²) in [5.74, 6) is 5.34. The van der Waals surface area contributed by atoms with E-state index in [4.69, 9.17) is 15.9 Å². The van der Waals surface area contributed by atoms with Crippen molar-refractivity contribution >= 4 is 0 Å². The monoisotopic (exact) mass is 342 g/mol. The fraction of sp³-hybridized carbons (Fsp3) is 0.444. The number of terminal acetylenes is 1. The van der Waals surface area contributed by atoms with Crippen LogP contribution in [-0.4, -0.2) is 44.5 Å². The highest BCUT2D eigenvalue weighted by molar-refractivity contribution is 5.43. The summed E-state index contributed by atoms with van der Waals surface area (Å²) in [6, 6.07) is 5.91. The van der Waals surface area contributed by atoms with Crippen LogP contribution in [0.2, 0.25) is 0 Å². The third-order valence-electron chi connectivity index (χ3n) is 4.08. The van der Waals surface area contributed by atoms with Crippen LogP contribution in [0.4, 0.5) is 0 Å². The molecule has 7 heteroatoms. The van der Waals surface area contributed by atoms with Gasteiger partial charge in [-0.3, -0.25) is 4.90 Å². The molecular weight excluding hydrogens is 320 g/mol. The minimum absolute atomic E-state index is 0.0795. The number of aliphatic hydroxyl groups excluding tert-OH is 1. The molecule has 1 aromatic carbocycles. The van der Waals surface area contributed by atoms with Gasteiger partial charge >= 0.3 is 0 Å². The molecule has 25 heavy (non-hydrogen) atoms. The molecule has 0 amide bonds. The van der Waals surface area contributed by atoms with Gasteiger partial charge in [-0.25, -0.2) is 0 Å². The molecule has 0 fully saturated rings. The van der Waals surface area contributed by atoms with E-state index < -0.39 is 0 Å². The Morgan fingerprint density at radius 3 is 2.88 bits per heavy atom. The van der Waals surface area contributed by atoms with Crippen LogP contribution in [0.3, 0.4) is 0 Å². The van der Waals surface area contributed by atoms with Crippen molar-refractivity contribution in [2.24, 2.45) is 0 Å². The van der Waals surface area contributed by atoms with E-state index in [0.717, 1.165) is 31.0 Å². The lowest BCUT2D eigenvalue weighted by Gasteiger charge is -2.27. The average molecular weight is 342 g/mol. The predicted molar refractivity (Wildman–Crippen MR) is 92.0 cm³/mol. The highest BCUT2D eigenvalue weighted by Gasteiger charge is 2.21. The highest BCUT2D eigenvalue weighted by atomic mass is 16.5. The molecule has 1 N–H and O–H groups in total. The van der Waals surface area contributed by atoms with E-state index in [9.17, 15) is 5.11 Å². The van der Waals surface area contributed by atoms with Gasteiger partial charge in [-0.2, -0.15) is 0 Å². The van der Waals surface area contributed by atoms with E-state index in [1.165, 1.54) is 0 Å². The first-order chi connectivity index (χ1) is 12.2. The molecule has 1 aliphatic rings. The highest BCUT2D eigenvalue weighted by Crippen LogP contribution is 2.29. The third kappa shape index (κ3) is 3.92. The summed E-state index contributed by atoms with van der Waals surface area (Å²) in [6.07, 6.45) is 5.25. The maximum absolute atomic E-state index is 9.28.